The summed E-state index contributed by atoms with van der Waals surface area (Å²) in [5.41, 5.74) is 0.785. The minimum absolute atomic E-state index is 0.0424. The maximum Gasteiger partial charge on any atom is 0.264 e. The van der Waals surface area contributed by atoms with Crippen molar-refractivity contribution in [2.45, 2.75) is 37.8 Å². The minimum Gasteiger partial charge on any atom is -0.354 e. The molecule has 0 aliphatic carbocycles. The number of halogens is 3. The molecule has 1 atom stereocenters. The smallest absolute Gasteiger partial charge is 0.264 e. The summed E-state index contributed by atoms with van der Waals surface area (Å²) in [6, 6.07) is 18.8. The van der Waals surface area contributed by atoms with E-state index in [1.807, 2.05) is 6.92 Å². The first-order valence-corrected chi connectivity index (χ1v) is 15.2. The lowest BCUT2D eigenvalue weighted by Crippen LogP contribution is -2.51. The van der Waals surface area contributed by atoms with Gasteiger partial charge in [0.15, 0.2) is 0 Å². The number of carbonyl (C=O) groups excluding carboxylic acids is 2. The van der Waals surface area contributed by atoms with Crippen molar-refractivity contribution in [2.24, 2.45) is 0 Å². The minimum atomic E-state index is -4.11. The van der Waals surface area contributed by atoms with Crippen LogP contribution in [0.4, 0.5) is 5.69 Å². The van der Waals surface area contributed by atoms with Crippen LogP contribution in [-0.4, -0.2) is 44.3 Å². The zero-order valence-corrected chi connectivity index (χ0v) is 25.4. The highest BCUT2D eigenvalue weighted by Crippen LogP contribution is 2.28. The molecule has 3 rings (SSSR count). The van der Waals surface area contributed by atoms with Gasteiger partial charge in [-0.1, -0.05) is 54.4 Å². The van der Waals surface area contributed by atoms with E-state index in [1.54, 1.807) is 67.6 Å². The molecule has 0 heterocycles. The van der Waals surface area contributed by atoms with E-state index >= 15 is 0 Å². The van der Waals surface area contributed by atoms with Crippen LogP contribution in [0.2, 0.25) is 10.0 Å². The molecule has 0 aliphatic rings. The van der Waals surface area contributed by atoms with Crippen molar-refractivity contribution in [3.8, 4) is 0 Å². The Balaban J connectivity index is 2.04. The van der Waals surface area contributed by atoms with Crippen LogP contribution in [0.15, 0.2) is 77.7 Å². The molecule has 1 unspecified atom stereocenters. The normalized spacial score (nSPS) is 12.0. The average molecular weight is 688 g/mol. The van der Waals surface area contributed by atoms with Crippen molar-refractivity contribution >= 4 is 73.3 Å². The Morgan fingerprint density at radius 1 is 0.947 bits per heavy atom. The van der Waals surface area contributed by atoms with Crippen LogP contribution in [0.3, 0.4) is 0 Å². The van der Waals surface area contributed by atoms with Crippen molar-refractivity contribution in [3.63, 3.8) is 0 Å². The molecule has 38 heavy (non-hydrogen) atoms. The van der Waals surface area contributed by atoms with E-state index in [0.29, 0.717) is 27.8 Å². The molecule has 0 saturated heterocycles. The predicted octanol–water partition coefficient (Wildman–Crippen LogP) is 5.74. The van der Waals surface area contributed by atoms with Gasteiger partial charge in [0.2, 0.25) is 11.8 Å². The molecule has 7 nitrogen and oxygen atoms in total. The molecule has 0 aromatic heterocycles. The molecule has 2 amide bonds. The standard InChI is InChI=1S/C27H28Cl2IN3O4S/c1-3-16-31-27(35)19(2)32(17-23-24(28)10-7-11-25(23)29)26(34)18-33(21-14-12-20(30)13-15-21)38(36,37)22-8-5-4-6-9-22/h4-15,19H,3,16-18H2,1-2H3,(H,31,35). The number of hydrogen-bond donors (Lipinski definition) is 1. The molecule has 11 heteroatoms. The fourth-order valence-electron chi connectivity index (χ4n) is 3.69. The van der Waals surface area contributed by atoms with Crippen LogP contribution in [-0.2, 0) is 26.2 Å². The van der Waals surface area contributed by atoms with E-state index in [0.717, 1.165) is 14.3 Å². The average Bonchev–Trinajstić information content (AvgIpc) is 2.90. The van der Waals surface area contributed by atoms with Gasteiger partial charge in [-0.25, -0.2) is 8.42 Å². The highest BCUT2D eigenvalue weighted by atomic mass is 127. The summed E-state index contributed by atoms with van der Waals surface area (Å²) < 4.78 is 29.4. The molecule has 0 saturated carbocycles. The van der Waals surface area contributed by atoms with Crippen molar-refractivity contribution in [3.05, 3.63) is 92.0 Å². The molecule has 0 aliphatic heterocycles. The number of hydrogen-bond acceptors (Lipinski definition) is 4. The number of nitrogens with zero attached hydrogens (tertiary/aromatic N) is 2. The van der Waals surface area contributed by atoms with Crippen molar-refractivity contribution in [1.82, 2.24) is 10.2 Å². The molecule has 3 aromatic carbocycles. The third kappa shape index (κ3) is 7.40. The van der Waals surface area contributed by atoms with Gasteiger partial charge < -0.3 is 10.2 Å². The number of benzene rings is 3. The molecule has 0 spiro atoms. The van der Waals surface area contributed by atoms with Gasteiger partial charge in [0.1, 0.15) is 12.6 Å². The number of amides is 2. The van der Waals surface area contributed by atoms with Crippen LogP contribution >= 0.6 is 45.8 Å². The first-order chi connectivity index (χ1) is 18.1. The number of carbonyl (C=O) groups is 2. The van der Waals surface area contributed by atoms with E-state index in [2.05, 4.69) is 27.9 Å². The van der Waals surface area contributed by atoms with Crippen molar-refractivity contribution in [2.75, 3.05) is 17.4 Å². The van der Waals surface area contributed by atoms with Gasteiger partial charge in [-0.2, -0.15) is 0 Å². The van der Waals surface area contributed by atoms with Gasteiger partial charge >= 0.3 is 0 Å². The van der Waals surface area contributed by atoms with Crippen LogP contribution in [0.5, 0.6) is 0 Å². The summed E-state index contributed by atoms with van der Waals surface area (Å²) >= 11 is 14.9. The summed E-state index contributed by atoms with van der Waals surface area (Å²) in [5, 5.41) is 3.47. The molecular formula is C27H28Cl2IN3O4S. The topological polar surface area (TPSA) is 86.8 Å². The van der Waals surface area contributed by atoms with Gasteiger partial charge in [0, 0.05) is 32.3 Å². The molecule has 3 aromatic rings. The van der Waals surface area contributed by atoms with E-state index in [9.17, 15) is 18.0 Å². The van der Waals surface area contributed by atoms with Gasteiger partial charge in [-0.3, -0.25) is 13.9 Å². The lowest BCUT2D eigenvalue weighted by Gasteiger charge is -2.32. The zero-order valence-electron chi connectivity index (χ0n) is 20.9. The van der Waals surface area contributed by atoms with Crippen LogP contribution < -0.4 is 9.62 Å². The molecule has 0 bridgehead atoms. The Kier molecular flexibility index (Phi) is 10.8. The number of nitrogens with one attached hydrogen (secondary N) is 1. The fraction of sp³-hybridized carbons (Fsp3) is 0.259. The Labute approximate surface area is 247 Å². The zero-order chi connectivity index (χ0) is 27.9. The monoisotopic (exact) mass is 687 g/mol. The van der Waals surface area contributed by atoms with E-state index in [-0.39, 0.29) is 17.3 Å². The maximum absolute atomic E-state index is 13.9. The highest BCUT2D eigenvalue weighted by molar-refractivity contribution is 14.1. The van der Waals surface area contributed by atoms with E-state index in [4.69, 9.17) is 23.2 Å². The van der Waals surface area contributed by atoms with Gasteiger partial charge in [0.05, 0.1) is 10.6 Å². The largest absolute Gasteiger partial charge is 0.354 e. The second-order valence-corrected chi connectivity index (χ2v) is 12.4. The lowest BCUT2D eigenvalue weighted by atomic mass is 10.1. The summed E-state index contributed by atoms with van der Waals surface area (Å²) in [4.78, 5) is 28.1. The summed E-state index contributed by atoms with van der Waals surface area (Å²) in [6.07, 6.45) is 0.721. The Bertz CT molecular complexity index is 1350. The summed E-state index contributed by atoms with van der Waals surface area (Å²) in [7, 11) is -4.11. The van der Waals surface area contributed by atoms with Gasteiger partial charge in [0.25, 0.3) is 10.0 Å². The van der Waals surface area contributed by atoms with Gasteiger partial charge in [-0.15, -0.1) is 0 Å². The Morgan fingerprint density at radius 3 is 2.13 bits per heavy atom. The second kappa shape index (κ2) is 13.6. The molecule has 202 valence electrons. The Morgan fingerprint density at radius 2 is 1.55 bits per heavy atom. The quantitative estimate of drug-likeness (QED) is 0.261. The highest BCUT2D eigenvalue weighted by Gasteiger charge is 2.33. The van der Waals surface area contributed by atoms with Gasteiger partial charge in [-0.05, 0) is 84.5 Å². The third-order valence-electron chi connectivity index (χ3n) is 5.83. The van der Waals surface area contributed by atoms with Crippen LogP contribution in [0.25, 0.3) is 0 Å². The molecule has 0 fully saturated rings. The lowest BCUT2D eigenvalue weighted by molar-refractivity contribution is -0.139. The molecule has 0 radical (unpaired) electrons. The summed E-state index contributed by atoms with van der Waals surface area (Å²) in [5.74, 6) is -0.951. The summed E-state index contributed by atoms with van der Waals surface area (Å²) in [6.45, 7) is 3.34. The molecular weight excluding hydrogens is 660 g/mol. The van der Waals surface area contributed by atoms with Crippen LogP contribution in [0, 0.1) is 3.57 Å². The second-order valence-electron chi connectivity index (χ2n) is 8.49. The van der Waals surface area contributed by atoms with E-state index in [1.165, 1.54) is 17.0 Å². The van der Waals surface area contributed by atoms with E-state index < -0.39 is 28.5 Å². The number of rotatable bonds is 11. The third-order valence-corrected chi connectivity index (χ3v) is 9.05. The van der Waals surface area contributed by atoms with Crippen LogP contribution in [0.1, 0.15) is 25.8 Å². The molecule has 1 N–H and O–H groups in total. The predicted molar refractivity (Wildman–Crippen MR) is 160 cm³/mol. The number of anilines is 1. The first kappa shape index (κ1) is 30.2. The maximum atomic E-state index is 13.9. The SMILES string of the molecule is CCCNC(=O)C(C)N(Cc1c(Cl)cccc1Cl)C(=O)CN(c1ccc(I)cc1)S(=O)(=O)c1ccccc1. The van der Waals surface area contributed by atoms with Crippen molar-refractivity contribution in [1.29, 1.82) is 0 Å². The van der Waals surface area contributed by atoms with Crippen molar-refractivity contribution < 1.29 is 18.0 Å². The first-order valence-electron chi connectivity index (χ1n) is 11.9. The number of sulfonamides is 1. The Hall–Kier alpha value is -2.34. The fourth-order valence-corrected chi connectivity index (χ4v) is 6.00.